The lowest BCUT2D eigenvalue weighted by Gasteiger charge is -2.09. The number of ketones is 2. The van der Waals surface area contributed by atoms with Crippen LogP contribution in [0.1, 0.15) is 44.3 Å². The SMILES string of the molecule is CC(=O)O/N=C(\C(=O)c1ccc(Sc2ccc(C(=O)c3ccc(-c4ccccc4)cc3)cc2)cc1)c1cc([N+](=O)[O-])ccc1C. The summed E-state index contributed by atoms with van der Waals surface area (Å²) in [5, 5.41) is 15.1. The Morgan fingerprint density at radius 2 is 1.24 bits per heavy atom. The first-order valence-corrected chi connectivity index (χ1v) is 14.6. The lowest BCUT2D eigenvalue weighted by molar-refractivity contribution is -0.384. The van der Waals surface area contributed by atoms with E-state index in [1.807, 2.05) is 66.7 Å². The Labute approximate surface area is 263 Å². The number of nitrogens with zero attached hydrogens (tertiary/aromatic N) is 2. The second kappa shape index (κ2) is 13.7. The number of nitro benzene ring substituents is 1. The lowest BCUT2D eigenvalue weighted by atomic mass is 9.97. The fraction of sp³-hybridized carbons (Fsp3) is 0.0556. The topological polar surface area (TPSA) is 116 Å². The van der Waals surface area contributed by atoms with Crippen LogP contribution in [-0.2, 0) is 9.63 Å². The van der Waals surface area contributed by atoms with Crippen molar-refractivity contribution in [2.45, 2.75) is 23.6 Å². The van der Waals surface area contributed by atoms with Gasteiger partial charge in [-0.05, 0) is 72.1 Å². The van der Waals surface area contributed by atoms with Gasteiger partial charge in [-0.15, -0.1) is 0 Å². The molecule has 0 N–H and O–H groups in total. The second-order valence-corrected chi connectivity index (χ2v) is 11.2. The van der Waals surface area contributed by atoms with Crippen molar-refractivity contribution in [3.05, 3.63) is 159 Å². The minimum atomic E-state index is -0.733. The van der Waals surface area contributed by atoms with Crippen LogP contribution in [0.5, 0.6) is 0 Å². The average Bonchev–Trinajstić information content (AvgIpc) is 3.06. The summed E-state index contributed by atoms with van der Waals surface area (Å²) < 4.78 is 0. The zero-order chi connectivity index (χ0) is 31.9. The van der Waals surface area contributed by atoms with Gasteiger partial charge >= 0.3 is 5.97 Å². The summed E-state index contributed by atoms with van der Waals surface area (Å²) >= 11 is 1.45. The first-order valence-electron chi connectivity index (χ1n) is 13.8. The molecule has 0 saturated carbocycles. The highest BCUT2D eigenvalue weighted by atomic mass is 32.2. The third-order valence-electron chi connectivity index (χ3n) is 6.89. The Kier molecular flexibility index (Phi) is 9.40. The Morgan fingerprint density at radius 3 is 1.80 bits per heavy atom. The van der Waals surface area contributed by atoms with Crippen LogP contribution in [0.25, 0.3) is 11.1 Å². The van der Waals surface area contributed by atoms with E-state index in [0.717, 1.165) is 27.8 Å². The molecular formula is C36H26N2O6S. The molecule has 5 aromatic carbocycles. The number of carbonyl (C=O) groups is 3. The Bertz CT molecular complexity index is 1920. The number of nitro groups is 1. The number of hydrogen-bond acceptors (Lipinski definition) is 8. The zero-order valence-electron chi connectivity index (χ0n) is 24.3. The minimum Gasteiger partial charge on any atom is -0.318 e. The fourth-order valence-corrected chi connectivity index (χ4v) is 5.35. The third-order valence-corrected chi connectivity index (χ3v) is 7.91. The molecule has 0 radical (unpaired) electrons. The number of benzene rings is 5. The molecule has 0 aliphatic rings. The van der Waals surface area contributed by atoms with E-state index < -0.39 is 16.7 Å². The zero-order valence-corrected chi connectivity index (χ0v) is 25.1. The summed E-state index contributed by atoms with van der Waals surface area (Å²) in [6.45, 7) is 2.82. The van der Waals surface area contributed by atoms with Gasteiger partial charge in [-0.1, -0.05) is 77.6 Å². The fourth-order valence-electron chi connectivity index (χ4n) is 4.53. The molecule has 9 heteroatoms. The first-order chi connectivity index (χ1) is 21.7. The number of non-ortho nitro benzene ring substituents is 1. The molecule has 5 rings (SSSR count). The normalized spacial score (nSPS) is 11.1. The van der Waals surface area contributed by atoms with Crippen molar-refractivity contribution in [1.29, 1.82) is 0 Å². The molecule has 0 saturated heterocycles. The highest BCUT2D eigenvalue weighted by Gasteiger charge is 2.22. The lowest BCUT2D eigenvalue weighted by Crippen LogP contribution is -2.18. The van der Waals surface area contributed by atoms with E-state index >= 15 is 0 Å². The summed E-state index contributed by atoms with van der Waals surface area (Å²) in [6, 6.07) is 35.6. The third kappa shape index (κ3) is 7.46. The molecule has 0 atom stereocenters. The molecule has 5 aromatic rings. The summed E-state index contributed by atoms with van der Waals surface area (Å²) in [5.74, 6) is -1.36. The van der Waals surface area contributed by atoms with Crippen molar-refractivity contribution in [1.82, 2.24) is 0 Å². The molecule has 222 valence electrons. The molecule has 0 fully saturated rings. The monoisotopic (exact) mass is 614 g/mol. The first kappa shape index (κ1) is 30.8. The Morgan fingerprint density at radius 1 is 0.711 bits per heavy atom. The number of oxime groups is 1. The highest BCUT2D eigenvalue weighted by Crippen LogP contribution is 2.29. The standard InChI is InChI=1S/C36H26N2O6S/c1-23-8-17-30(38(42)43)22-33(23)34(37-44-24(2)39)36(41)29-15-20-32(21-16-29)45-31-18-13-28(14-19-31)35(40)27-11-9-26(10-12-27)25-6-4-3-5-7-25/h3-22H,1-2H3/b37-34-. The van der Waals surface area contributed by atoms with E-state index in [0.29, 0.717) is 16.7 Å². The van der Waals surface area contributed by atoms with Gasteiger partial charge < -0.3 is 4.84 Å². The van der Waals surface area contributed by atoms with Crippen LogP contribution in [0.2, 0.25) is 0 Å². The van der Waals surface area contributed by atoms with Crippen molar-refractivity contribution in [2.24, 2.45) is 5.16 Å². The number of aryl methyl sites for hydroxylation is 1. The van der Waals surface area contributed by atoms with Gasteiger partial charge in [0.05, 0.1) is 4.92 Å². The van der Waals surface area contributed by atoms with Crippen molar-refractivity contribution in [3.63, 3.8) is 0 Å². The van der Waals surface area contributed by atoms with Crippen LogP contribution in [0.4, 0.5) is 5.69 Å². The van der Waals surface area contributed by atoms with Crippen LogP contribution in [0.3, 0.4) is 0 Å². The maximum Gasteiger partial charge on any atom is 0.332 e. The van der Waals surface area contributed by atoms with E-state index in [9.17, 15) is 24.5 Å². The predicted molar refractivity (Wildman–Crippen MR) is 173 cm³/mol. The van der Waals surface area contributed by atoms with Gasteiger partial charge in [-0.3, -0.25) is 19.7 Å². The molecule has 0 aromatic heterocycles. The summed E-state index contributed by atoms with van der Waals surface area (Å²) in [6.07, 6.45) is 0. The molecular weight excluding hydrogens is 588 g/mol. The predicted octanol–water partition coefficient (Wildman–Crippen LogP) is 8.10. The summed E-state index contributed by atoms with van der Waals surface area (Å²) in [4.78, 5) is 55.2. The van der Waals surface area contributed by atoms with Crippen molar-refractivity contribution >= 4 is 40.7 Å². The van der Waals surface area contributed by atoms with Crippen LogP contribution in [0.15, 0.2) is 136 Å². The second-order valence-electron chi connectivity index (χ2n) is 10.0. The molecule has 0 amide bonds. The van der Waals surface area contributed by atoms with Gasteiger partial charge in [0.15, 0.2) is 11.5 Å². The minimum absolute atomic E-state index is 0.0702. The molecule has 45 heavy (non-hydrogen) atoms. The van der Waals surface area contributed by atoms with E-state index in [-0.39, 0.29) is 28.3 Å². The largest absolute Gasteiger partial charge is 0.332 e. The van der Waals surface area contributed by atoms with Crippen molar-refractivity contribution in [2.75, 3.05) is 0 Å². The number of hydrogen-bond donors (Lipinski definition) is 0. The molecule has 0 bridgehead atoms. The summed E-state index contributed by atoms with van der Waals surface area (Å²) in [5.41, 5.74) is 3.86. The number of carbonyl (C=O) groups excluding carboxylic acids is 3. The highest BCUT2D eigenvalue weighted by molar-refractivity contribution is 7.99. The number of Topliss-reactive ketones (excluding diaryl/α,β-unsaturated/α-hetero) is 1. The van der Waals surface area contributed by atoms with E-state index in [4.69, 9.17) is 4.84 Å². The van der Waals surface area contributed by atoms with E-state index in [1.54, 1.807) is 43.3 Å². The van der Waals surface area contributed by atoms with Crippen molar-refractivity contribution in [3.8, 4) is 11.1 Å². The summed E-state index contributed by atoms with van der Waals surface area (Å²) in [7, 11) is 0. The molecule has 0 unspecified atom stereocenters. The maximum absolute atomic E-state index is 13.4. The van der Waals surface area contributed by atoms with Gasteiger partial charge in [-0.2, -0.15) is 0 Å². The van der Waals surface area contributed by atoms with Gasteiger partial charge in [0, 0.05) is 51.1 Å². The quantitative estimate of drug-likeness (QED) is 0.0513. The Balaban J connectivity index is 1.29. The molecule has 0 spiro atoms. The van der Waals surface area contributed by atoms with Crippen LogP contribution >= 0.6 is 11.8 Å². The van der Waals surface area contributed by atoms with E-state index in [1.165, 1.54) is 30.0 Å². The Hall–Kier alpha value is -5.67. The van der Waals surface area contributed by atoms with Gasteiger partial charge in [-0.25, -0.2) is 4.79 Å². The van der Waals surface area contributed by atoms with Crippen LogP contribution in [0, 0.1) is 17.0 Å². The molecule has 8 nitrogen and oxygen atoms in total. The van der Waals surface area contributed by atoms with Gasteiger partial charge in [0.2, 0.25) is 5.78 Å². The van der Waals surface area contributed by atoms with Crippen molar-refractivity contribution < 1.29 is 24.1 Å². The smallest absolute Gasteiger partial charge is 0.318 e. The van der Waals surface area contributed by atoms with Crippen LogP contribution < -0.4 is 0 Å². The maximum atomic E-state index is 13.4. The number of rotatable bonds is 10. The van der Waals surface area contributed by atoms with Gasteiger partial charge in [0.1, 0.15) is 0 Å². The average molecular weight is 615 g/mol. The van der Waals surface area contributed by atoms with Crippen LogP contribution in [-0.4, -0.2) is 28.2 Å². The molecule has 0 aliphatic carbocycles. The molecule has 0 heterocycles. The van der Waals surface area contributed by atoms with E-state index in [2.05, 4.69) is 5.16 Å². The van der Waals surface area contributed by atoms with Gasteiger partial charge in [0.25, 0.3) is 5.69 Å². The molecule has 0 aliphatic heterocycles.